The fourth-order valence-electron chi connectivity index (χ4n) is 3.46. The predicted molar refractivity (Wildman–Crippen MR) is 79.3 cm³/mol. The number of nitrogens with zero attached hydrogens (tertiary/aromatic N) is 2. The highest BCUT2D eigenvalue weighted by atomic mass is 16.4. The summed E-state index contributed by atoms with van der Waals surface area (Å²) in [6, 6.07) is 7.38. The van der Waals surface area contributed by atoms with Crippen LogP contribution in [-0.4, -0.2) is 47.6 Å². The number of hydrogen-bond acceptors (Lipinski definition) is 3. The largest absolute Gasteiger partial charge is 0.480 e. The minimum absolute atomic E-state index is 0.000278. The molecule has 2 unspecified atom stereocenters. The number of benzene rings is 1. The Balaban J connectivity index is 1.72. The number of aliphatic carboxylic acids is 1. The van der Waals surface area contributed by atoms with Crippen LogP contribution in [-0.2, 0) is 16.0 Å². The van der Waals surface area contributed by atoms with E-state index in [0.717, 1.165) is 18.5 Å². The van der Waals surface area contributed by atoms with Crippen molar-refractivity contribution in [2.45, 2.75) is 25.8 Å². The standard InChI is InChI=1S/C16H20N2O3/c1-11-6-8-17(15(11)16(20)21)10-14(19)18-9-7-12-4-2-3-5-13(12)18/h2-5,11,15H,6-10H2,1H3,(H,20,21). The Morgan fingerprint density at radius 2 is 2.05 bits per heavy atom. The van der Waals surface area contributed by atoms with Crippen molar-refractivity contribution in [3.8, 4) is 0 Å². The number of para-hydroxylation sites is 1. The van der Waals surface area contributed by atoms with Crippen LogP contribution >= 0.6 is 0 Å². The summed E-state index contributed by atoms with van der Waals surface area (Å²) in [5.41, 5.74) is 2.16. The van der Waals surface area contributed by atoms with E-state index >= 15 is 0 Å². The van der Waals surface area contributed by atoms with Crippen molar-refractivity contribution < 1.29 is 14.7 Å². The van der Waals surface area contributed by atoms with Crippen LogP contribution in [0.15, 0.2) is 24.3 Å². The second-order valence-corrected chi connectivity index (χ2v) is 5.94. The van der Waals surface area contributed by atoms with Crippen molar-refractivity contribution in [1.29, 1.82) is 0 Å². The van der Waals surface area contributed by atoms with Gasteiger partial charge in [0.05, 0.1) is 6.54 Å². The van der Waals surface area contributed by atoms with Crippen LogP contribution in [0.2, 0.25) is 0 Å². The van der Waals surface area contributed by atoms with Gasteiger partial charge in [0.15, 0.2) is 0 Å². The molecular weight excluding hydrogens is 268 g/mol. The van der Waals surface area contributed by atoms with Crippen LogP contribution in [0.1, 0.15) is 18.9 Å². The number of rotatable bonds is 3. The number of carboxylic acids is 1. The van der Waals surface area contributed by atoms with Crippen LogP contribution in [0, 0.1) is 5.92 Å². The van der Waals surface area contributed by atoms with Crippen molar-refractivity contribution in [2.24, 2.45) is 5.92 Å². The van der Waals surface area contributed by atoms with E-state index in [2.05, 4.69) is 0 Å². The van der Waals surface area contributed by atoms with Gasteiger partial charge in [-0.2, -0.15) is 0 Å². The van der Waals surface area contributed by atoms with Gasteiger partial charge in [-0.25, -0.2) is 0 Å². The maximum Gasteiger partial charge on any atom is 0.321 e. The first-order chi connectivity index (χ1) is 10.1. The molecule has 2 atom stereocenters. The Hall–Kier alpha value is -1.88. The molecule has 2 heterocycles. The van der Waals surface area contributed by atoms with Gasteiger partial charge >= 0.3 is 5.97 Å². The quantitative estimate of drug-likeness (QED) is 0.912. The Morgan fingerprint density at radius 1 is 1.29 bits per heavy atom. The number of carbonyl (C=O) groups excluding carboxylic acids is 1. The highest BCUT2D eigenvalue weighted by Crippen LogP contribution is 2.29. The summed E-state index contributed by atoms with van der Waals surface area (Å²) >= 11 is 0. The molecule has 2 aliphatic rings. The first-order valence-corrected chi connectivity index (χ1v) is 7.43. The SMILES string of the molecule is CC1CCN(CC(=O)N2CCc3ccccc32)C1C(=O)O. The minimum Gasteiger partial charge on any atom is -0.480 e. The van der Waals surface area contributed by atoms with E-state index in [1.54, 1.807) is 9.80 Å². The highest BCUT2D eigenvalue weighted by Gasteiger charge is 2.38. The van der Waals surface area contributed by atoms with Gasteiger partial charge in [0.25, 0.3) is 0 Å². The van der Waals surface area contributed by atoms with Gasteiger partial charge in [0.1, 0.15) is 6.04 Å². The summed E-state index contributed by atoms with van der Waals surface area (Å²) in [6.45, 7) is 3.50. The summed E-state index contributed by atoms with van der Waals surface area (Å²) in [5.74, 6) is -0.726. The molecule has 2 aliphatic heterocycles. The number of anilines is 1. The molecule has 0 aromatic heterocycles. The number of likely N-dealkylation sites (tertiary alicyclic amines) is 1. The van der Waals surface area contributed by atoms with Crippen LogP contribution in [0.3, 0.4) is 0 Å². The normalized spacial score (nSPS) is 25.1. The van der Waals surface area contributed by atoms with Gasteiger partial charge in [-0.1, -0.05) is 25.1 Å². The lowest BCUT2D eigenvalue weighted by Gasteiger charge is -2.25. The molecule has 0 saturated carbocycles. The van der Waals surface area contributed by atoms with E-state index < -0.39 is 12.0 Å². The maximum atomic E-state index is 12.5. The van der Waals surface area contributed by atoms with Crippen LogP contribution in [0.5, 0.6) is 0 Å². The van der Waals surface area contributed by atoms with Crippen molar-refractivity contribution in [1.82, 2.24) is 4.90 Å². The average Bonchev–Trinajstić information content (AvgIpc) is 3.02. The highest BCUT2D eigenvalue weighted by molar-refractivity contribution is 5.97. The predicted octanol–water partition coefficient (Wildman–Crippen LogP) is 1.37. The van der Waals surface area contributed by atoms with Gasteiger partial charge < -0.3 is 10.0 Å². The van der Waals surface area contributed by atoms with Crippen LogP contribution in [0.4, 0.5) is 5.69 Å². The Labute approximate surface area is 124 Å². The Morgan fingerprint density at radius 3 is 2.81 bits per heavy atom. The van der Waals surface area contributed by atoms with E-state index in [1.165, 1.54) is 5.56 Å². The molecule has 1 fully saturated rings. The molecule has 1 saturated heterocycles. The van der Waals surface area contributed by atoms with E-state index in [-0.39, 0.29) is 18.4 Å². The summed E-state index contributed by atoms with van der Waals surface area (Å²) in [4.78, 5) is 27.5. The summed E-state index contributed by atoms with van der Waals surface area (Å²) in [7, 11) is 0. The van der Waals surface area contributed by atoms with E-state index in [4.69, 9.17) is 0 Å². The van der Waals surface area contributed by atoms with Gasteiger partial charge in [0, 0.05) is 12.2 Å². The molecule has 1 aromatic carbocycles. The van der Waals surface area contributed by atoms with Crippen molar-refractivity contribution >= 4 is 17.6 Å². The van der Waals surface area contributed by atoms with Crippen LogP contribution < -0.4 is 4.90 Å². The van der Waals surface area contributed by atoms with E-state index in [9.17, 15) is 14.7 Å². The number of carbonyl (C=O) groups is 2. The summed E-state index contributed by atoms with van der Waals surface area (Å²) < 4.78 is 0. The molecule has 5 heteroatoms. The Bertz CT molecular complexity index is 572. The van der Waals surface area contributed by atoms with Gasteiger partial charge in [0.2, 0.25) is 5.91 Å². The molecule has 3 rings (SSSR count). The van der Waals surface area contributed by atoms with Gasteiger partial charge in [-0.05, 0) is 36.9 Å². The third-order valence-corrected chi connectivity index (χ3v) is 4.58. The van der Waals surface area contributed by atoms with E-state index in [0.29, 0.717) is 13.1 Å². The fourth-order valence-corrected chi connectivity index (χ4v) is 3.46. The zero-order chi connectivity index (χ0) is 15.0. The van der Waals surface area contributed by atoms with Gasteiger partial charge in [-0.15, -0.1) is 0 Å². The molecule has 0 bridgehead atoms. The second kappa shape index (κ2) is 5.48. The molecule has 1 amide bonds. The lowest BCUT2D eigenvalue weighted by molar-refractivity contribution is -0.143. The molecule has 112 valence electrons. The topological polar surface area (TPSA) is 60.9 Å². The van der Waals surface area contributed by atoms with Gasteiger partial charge in [-0.3, -0.25) is 14.5 Å². The minimum atomic E-state index is -0.824. The lowest BCUT2D eigenvalue weighted by Crippen LogP contribution is -2.45. The zero-order valence-corrected chi connectivity index (χ0v) is 12.2. The van der Waals surface area contributed by atoms with Crippen molar-refractivity contribution in [2.75, 3.05) is 24.5 Å². The van der Waals surface area contributed by atoms with Crippen molar-refractivity contribution in [3.63, 3.8) is 0 Å². The first kappa shape index (κ1) is 14.1. The summed E-state index contributed by atoms with van der Waals surface area (Å²) in [5, 5.41) is 9.32. The average molecular weight is 288 g/mol. The summed E-state index contributed by atoms with van der Waals surface area (Å²) in [6.07, 6.45) is 1.71. The third kappa shape index (κ3) is 2.53. The van der Waals surface area contributed by atoms with E-state index in [1.807, 2.05) is 31.2 Å². The van der Waals surface area contributed by atoms with Crippen LogP contribution in [0.25, 0.3) is 0 Å². The lowest BCUT2D eigenvalue weighted by atomic mass is 10.0. The number of amides is 1. The molecule has 5 nitrogen and oxygen atoms in total. The smallest absolute Gasteiger partial charge is 0.321 e. The monoisotopic (exact) mass is 288 g/mol. The molecule has 1 N–H and O–H groups in total. The molecule has 0 aliphatic carbocycles. The number of carboxylic acid groups (broad SMARTS) is 1. The third-order valence-electron chi connectivity index (χ3n) is 4.58. The number of hydrogen-bond donors (Lipinski definition) is 1. The maximum absolute atomic E-state index is 12.5. The fraction of sp³-hybridized carbons (Fsp3) is 0.500. The Kier molecular flexibility index (Phi) is 3.68. The first-order valence-electron chi connectivity index (χ1n) is 7.43. The number of fused-ring (bicyclic) bond motifs is 1. The second-order valence-electron chi connectivity index (χ2n) is 5.94. The molecular formula is C16H20N2O3. The molecule has 21 heavy (non-hydrogen) atoms. The zero-order valence-electron chi connectivity index (χ0n) is 12.2. The molecule has 0 radical (unpaired) electrons. The van der Waals surface area contributed by atoms with Crippen molar-refractivity contribution in [3.05, 3.63) is 29.8 Å². The molecule has 1 aromatic rings. The molecule has 0 spiro atoms.